The van der Waals surface area contributed by atoms with Crippen LogP contribution in [0.4, 0.5) is 0 Å². The standard InChI is InChI=1S/C12H16.2ClH.Ru/c1-9(2)7-12-6-5-10(3)8-11(12)4;;;/h4-6,8-9H,7H2,1-3H3;2*1H;/q;;;+2/p-2. The van der Waals surface area contributed by atoms with E-state index in [2.05, 4.69) is 39.0 Å². The van der Waals surface area contributed by atoms with Crippen molar-refractivity contribution in [2.75, 3.05) is 0 Å². The Labute approximate surface area is 105 Å². The Morgan fingerprint density at radius 3 is 2.53 bits per heavy atom. The van der Waals surface area contributed by atoms with Gasteiger partial charge in [-0.1, -0.05) is 0 Å². The van der Waals surface area contributed by atoms with E-state index < -0.39 is 13.5 Å². The Kier molecular flexibility index (Phi) is 5.46. The molecular formula is C12H16Cl2Ru. The third-order valence-corrected chi connectivity index (χ3v) is 3.95. The first-order chi connectivity index (χ1) is 6.99. The molecule has 0 bridgehead atoms. The van der Waals surface area contributed by atoms with Gasteiger partial charge in [0.25, 0.3) is 0 Å². The van der Waals surface area contributed by atoms with Crippen molar-refractivity contribution in [2.45, 2.75) is 27.2 Å². The fraction of sp³-hybridized carbons (Fsp3) is 0.417. The molecule has 0 spiro atoms. The molecule has 0 saturated heterocycles. The zero-order valence-electron chi connectivity index (χ0n) is 9.20. The molecule has 15 heavy (non-hydrogen) atoms. The molecule has 0 fully saturated rings. The van der Waals surface area contributed by atoms with E-state index in [1.807, 2.05) is 4.61 Å². The minimum absolute atomic E-state index is 0.658. The molecule has 86 valence electrons. The predicted molar refractivity (Wildman–Crippen MR) is 66.6 cm³/mol. The Morgan fingerprint density at radius 1 is 1.33 bits per heavy atom. The van der Waals surface area contributed by atoms with Gasteiger partial charge < -0.3 is 0 Å². The number of hydrogen-bond acceptors (Lipinski definition) is 0. The normalized spacial score (nSPS) is 11.7. The molecule has 0 aromatic heterocycles. The number of halogens is 2. The zero-order valence-corrected chi connectivity index (χ0v) is 12.5. The Balaban J connectivity index is 3.08. The van der Waals surface area contributed by atoms with Gasteiger partial charge in [-0.2, -0.15) is 0 Å². The molecule has 0 nitrogen and oxygen atoms in total. The third kappa shape index (κ3) is 4.76. The molecule has 0 radical (unpaired) electrons. The molecule has 1 aromatic rings. The van der Waals surface area contributed by atoms with Crippen molar-refractivity contribution in [2.24, 2.45) is 5.92 Å². The minimum atomic E-state index is -1.71. The van der Waals surface area contributed by atoms with Crippen molar-refractivity contribution >= 4 is 24.0 Å². The fourth-order valence-electron chi connectivity index (χ4n) is 1.52. The zero-order chi connectivity index (χ0) is 11.4. The van der Waals surface area contributed by atoms with Crippen LogP contribution in [0.2, 0.25) is 0 Å². The van der Waals surface area contributed by atoms with Crippen molar-refractivity contribution in [1.82, 2.24) is 0 Å². The SMILES string of the molecule is Cc1ccc(CC(C)C)c([CH]=[Ru]([Cl])[Cl])c1. The Morgan fingerprint density at radius 2 is 2.00 bits per heavy atom. The van der Waals surface area contributed by atoms with E-state index in [1.165, 1.54) is 16.7 Å². The number of aryl methyl sites for hydroxylation is 1. The first kappa shape index (κ1) is 13.4. The van der Waals surface area contributed by atoms with Gasteiger partial charge in [0.2, 0.25) is 0 Å². The van der Waals surface area contributed by atoms with Gasteiger partial charge in [-0.15, -0.1) is 0 Å². The molecule has 0 aliphatic carbocycles. The Bertz CT molecular complexity index is 366. The van der Waals surface area contributed by atoms with Crippen molar-refractivity contribution < 1.29 is 13.5 Å². The molecule has 0 aliphatic rings. The topological polar surface area (TPSA) is 0 Å². The predicted octanol–water partition coefficient (Wildman–Crippen LogP) is 4.27. The van der Waals surface area contributed by atoms with Crippen LogP contribution in [0.3, 0.4) is 0 Å². The van der Waals surface area contributed by atoms with Gasteiger partial charge in [0.15, 0.2) is 0 Å². The van der Waals surface area contributed by atoms with E-state index in [-0.39, 0.29) is 0 Å². The van der Waals surface area contributed by atoms with Crippen LogP contribution in [0.15, 0.2) is 18.2 Å². The molecule has 3 heteroatoms. The number of hydrogen-bond donors (Lipinski definition) is 0. The van der Waals surface area contributed by atoms with Crippen LogP contribution in [-0.2, 0) is 19.9 Å². The van der Waals surface area contributed by atoms with Crippen LogP contribution in [-0.4, -0.2) is 4.61 Å². The first-order valence-electron chi connectivity index (χ1n) is 4.91. The summed E-state index contributed by atoms with van der Waals surface area (Å²) >= 11 is -1.71. The number of benzene rings is 1. The molecule has 0 saturated carbocycles. The summed E-state index contributed by atoms with van der Waals surface area (Å²) in [5.41, 5.74) is 3.85. The van der Waals surface area contributed by atoms with Crippen LogP contribution in [0, 0.1) is 12.8 Å². The Hall–Kier alpha value is 0.293. The average molecular weight is 332 g/mol. The van der Waals surface area contributed by atoms with Gasteiger partial charge >= 0.3 is 106 Å². The second kappa shape index (κ2) is 6.13. The summed E-state index contributed by atoms with van der Waals surface area (Å²) in [5, 5.41) is 0. The van der Waals surface area contributed by atoms with Gasteiger partial charge in [-0.3, -0.25) is 0 Å². The molecule has 0 amide bonds. The monoisotopic (exact) mass is 332 g/mol. The van der Waals surface area contributed by atoms with Gasteiger partial charge in [0.1, 0.15) is 0 Å². The van der Waals surface area contributed by atoms with Crippen molar-refractivity contribution in [3.63, 3.8) is 0 Å². The summed E-state index contributed by atoms with van der Waals surface area (Å²) in [6.07, 6.45) is 1.09. The van der Waals surface area contributed by atoms with Gasteiger partial charge in [0, 0.05) is 0 Å². The summed E-state index contributed by atoms with van der Waals surface area (Å²) in [5.74, 6) is 0.658. The van der Waals surface area contributed by atoms with Crippen LogP contribution in [0.25, 0.3) is 0 Å². The summed E-state index contributed by atoms with van der Waals surface area (Å²) in [7, 11) is 11.9. The van der Waals surface area contributed by atoms with Gasteiger partial charge in [0.05, 0.1) is 0 Å². The van der Waals surface area contributed by atoms with Crippen molar-refractivity contribution in [3.8, 4) is 0 Å². The van der Waals surface area contributed by atoms with Gasteiger partial charge in [-0.05, 0) is 0 Å². The molecule has 1 aromatic carbocycles. The van der Waals surface area contributed by atoms with Crippen LogP contribution in [0.1, 0.15) is 30.5 Å². The number of rotatable bonds is 3. The quantitative estimate of drug-likeness (QED) is 0.725. The maximum absolute atomic E-state index is 5.93. The van der Waals surface area contributed by atoms with E-state index in [1.54, 1.807) is 0 Å². The van der Waals surface area contributed by atoms with E-state index >= 15 is 0 Å². The summed E-state index contributed by atoms with van der Waals surface area (Å²) < 4.78 is 2.04. The second-order valence-corrected chi connectivity index (χ2v) is 9.83. The molecule has 0 unspecified atom stereocenters. The van der Waals surface area contributed by atoms with E-state index in [4.69, 9.17) is 19.4 Å². The molecule has 0 N–H and O–H groups in total. The van der Waals surface area contributed by atoms with Crippen LogP contribution < -0.4 is 0 Å². The van der Waals surface area contributed by atoms with Crippen molar-refractivity contribution in [3.05, 3.63) is 34.9 Å². The van der Waals surface area contributed by atoms with E-state index in [0.29, 0.717) is 5.92 Å². The summed E-state index contributed by atoms with van der Waals surface area (Å²) in [6, 6.07) is 6.50. The first-order valence-corrected chi connectivity index (χ1v) is 10.4. The van der Waals surface area contributed by atoms with E-state index in [9.17, 15) is 0 Å². The average Bonchev–Trinajstić information content (AvgIpc) is 2.08. The maximum atomic E-state index is 5.93. The van der Waals surface area contributed by atoms with Crippen LogP contribution >= 0.6 is 19.4 Å². The molecule has 1 rings (SSSR count). The molecule has 0 atom stereocenters. The van der Waals surface area contributed by atoms with Gasteiger partial charge in [-0.25, -0.2) is 0 Å². The third-order valence-electron chi connectivity index (χ3n) is 2.12. The molecule has 0 heterocycles. The van der Waals surface area contributed by atoms with Crippen LogP contribution in [0.5, 0.6) is 0 Å². The summed E-state index contributed by atoms with van der Waals surface area (Å²) in [4.78, 5) is 0. The molecular weight excluding hydrogens is 316 g/mol. The fourth-order valence-corrected chi connectivity index (χ4v) is 3.38. The summed E-state index contributed by atoms with van der Waals surface area (Å²) in [6.45, 7) is 6.54. The van der Waals surface area contributed by atoms with E-state index in [0.717, 1.165) is 6.42 Å². The molecule has 0 aliphatic heterocycles. The van der Waals surface area contributed by atoms with Crippen molar-refractivity contribution in [1.29, 1.82) is 0 Å². The second-order valence-electron chi connectivity index (χ2n) is 4.11.